The average Bonchev–Trinajstić information content (AvgIpc) is 2.81. The first-order chi connectivity index (χ1) is 9.47. The van der Waals surface area contributed by atoms with Crippen molar-refractivity contribution in [3.8, 4) is 0 Å². The summed E-state index contributed by atoms with van der Waals surface area (Å²) < 4.78 is 1.59. The lowest BCUT2D eigenvalue weighted by Crippen LogP contribution is -2.08. The van der Waals surface area contributed by atoms with Crippen molar-refractivity contribution in [2.24, 2.45) is 7.05 Å². The highest BCUT2D eigenvalue weighted by Gasteiger charge is 2.15. The summed E-state index contributed by atoms with van der Waals surface area (Å²) in [5.74, 6) is -0.560. The second-order valence-corrected chi connectivity index (χ2v) is 4.64. The van der Waals surface area contributed by atoms with Crippen molar-refractivity contribution in [2.75, 3.05) is 0 Å². The normalized spacial score (nSPS) is 11.4. The van der Waals surface area contributed by atoms with Crippen LogP contribution in [0.5, 0.6) is 0 Å². The van der Waals surface area contributed by atoms with Crippen molar-refractivity contribution in [1.29, 1.82) is 0 Å². The number of rotatable bonds is 4. The molecular formula is C13H15N5O2. The lowest BCUT2D eigenvalue weighted by atomic mass is 10.1. The Morgan fingerprint density at radius 3 is 2.70 bits per heavy atom. The highest BCUT2D eigenvalue weighted by molar-refractivity contribution is 5.88. The zero-order chi connectivity index (χ0) is 14.7. The molecule has 0 aliphatic rings. The quantitative estimate of drug-likeness (QED) is 0.909. The highest BCUT2D eigenvalue weighted by Crippen LogP contribution is 2.17. The molecule has 0 aliphatic heterocycles. The molecule has 0 amide bonds. The molecule has 1 N–H and O–H groups in total. The van der Waals surface area contributed by atoms with Gasteiger partial charge in [-0.3, -0.25) is 4.68 Å². The van der Waals surface area contributed by atoms with E-state index in [9.17, 15) is 4.79 Å². The number of carboxylic acid groups (broad SMARTS) is 1. The molecule has 0 radical (unpaired) electrons. The highest BCUT2D eigenvalue weighted by atomic mass is 16.4. The van der Waals surface area contributed by atoms with E-state index in [1.54, 1.807) is 30.1 Å². The Kier molecular flexibility index (Phi) is 3.88. The molecule has 2 heterocycles. The van der Waals surface area contributed by atoms with Crippen molar-refractivity contribution in [3.05, 3.63) is 35.2 Å². The van der Waals surface area contributed by atoms with E-state index in [1.807, 2.05) is 13.8 Å². The van der Waals surface area contributed by atoms with Crippen molar-refractivity contribution >= 4 is 18.1 Å². The monoisotopic (exact) mass is 273 g/mol. The minimum atomic E-state index is -1.02. The maximum absolute atomic E-state index is 11.1. The fraction of sp³-hybridized carbons (Fsp3) is 0.308. The van der Waals surface area contributed by atoms with Gasteiger partial charge in [0, 0.05) is 13.2 Å². The molecule has 20 heavy (non-hydrogen) atoms. The van der Waals surface area contributed by atoms with Crippen LogP contribution in [-0.2, 0) is 7.05 Å². The minimum Gasteiger partial charge on any atom is -0.478 e. The van der Waals surface area contributed by atoms with Gasteiger partial charge in [-0.2, -0.15) is 0 Å². The number of aromatic nitrogens is 5. The Hall–Kier alpha value is -2.57. The topological polar surface area (TPSA) is 93.8 Å². The van der Waals surface area contributed by atoms with E-state index < -0.39 is 5.97 Å². The number of aryl methyl sites for hydroxylation is 1. The summed E-state index contributed by atoms with van der Waals surface area (Å²) in [6.07, 6.45) is 6.50. The summed E-state index contributed by atoms with van der Waals surface area (Å²) in [4.78, 5) is 19.4. The molecule has 0 saturated heterocycles. The van der Waals surface area contributed by atoms with Gasteiger partial charge in [-0.15, -0.1) is 5.10 Å². The van der Waals surface area contributed by atoms with Crippen LogP contribution >= 0.6 is 0 Å². The molecule has 0 fully saturated rings. The van der Waals surface area contributed by atoms with Gasteiger partial charge in [0.15, 0.2) is 5.82 Å². The number of carbonyl (C=O) groups is 1. The van der Waals surface area contributed by atoms with E-state index in [0.29, 0.717) is 17.2 Å². The Bertz CT molecular complexity index is 661. The van der Waals surface area contributed by atoms with Crippen LogP contribution < -0.4 is 0 Å². The second kappa shape index (κ2) is 5.60. The van der Waals surface area contributed by atoms with E-state index in [2.05, 4.69) is 20.3 Å². The van der Waals surface area contributed by atoms with Gasteiger partial charge >= 0.3 is 5.97 Å². The molecule has 2 aromatic rings. The van der Waals surface area contributed by atoms with Gasteiger partial charge in [-0.1, -0.05) is 19.1 Å². The van der Waals surface area contributed by atoms with Crippen molar-refractivity contribution in [1.82, 2.24) is 25.0 Å². The molecule has 0 aromatic carbocycles. The first-order valence-corrected chi connectivity index (χ1v) is 6.12. The van der Waals surface area contributed by atoms with Crippen LogP contribution in [0, 0.1) is 0 Å². The summed E-state index contributed by atoms with van der Waals surface area (Å²) in [5.41, 5.74) is 1.34. The fourth-order valence-corrected chi connectivity index (χ4v) is 1.70. The molecule has 7 heteroatoms. The molecule has 0 bridgehead atoms. The number of carboxylic acids is 1. The van der Waals surface area contributed by atoms with Crippen LogP contribution in [0.1, 0.15) is 47.3 Å². The SMILES string of the molecule is CC(C)c1nc(/C=C/c2cn(C)nn2)ncc1C(=O)O. The third-order valence-electron chi connectivity index (χ3n) is 2.64. The van der Waals surface area contributed by atoms with Crippen LogP contribution in [0.25, 0.3) is 12.2 Å². The Morgan fingerprint density at radius 1 is 1.40 bits per heavy atom. The maximum Gasteiger partial charge on any atom is 0.339 e. The molecule has 0 unspecified atom stereocenters. The molecule has 104 valence electrons. The molecule has 0 atom stereocenters. The van der Waals surface area contributed by atoms with Gasteiger partial charge in [-0.25, -0.2) is 14.8 Å². The third kappa shape index (κ3) is 3.05. The molecular weight excluding hydrogens is 258 g/mol. The van der Waals surface area contributed by atoms with Gasteiger partial charge in [-0.05, 0) is 18.1 Å². The average molecular weight is 273 g/mol. The van der Waals surface area contributed by atoms with E-state index >= 15 is 0 Å². The lowest BCUT2D eigenvalue weighted by molar-refractivity contribution is 0.0694. The fourth-order valence-electron chi connectivity index (χ4n) is 1.70. The number of hydrogen-bond donors (Lipinski definition) is 1. The van der Waals surface area contributed by atoms with E-state index in [4.69, 9.17) is 5.11 Å². The summed E-state index contributed by atoms with van der Waals surface area (Å²) in [6, 6.07) is 0. The van der Waals surface area contributed by atoms with Gasteiger partial charge in [0.25, 0.3) is 0 Å². The van der Waals surface area contributed by atoms with E-state index in [-0.39, 0.29) is 11.5 Å². The Labute approximate surface area is 116 Å². The van der Waals surface area contributed by atoms with Gasteiger partial charge in [0.05, 0.1) is 17.5 Å². The van der Waals surface area contributed by atoms with Gasteiger partial charge in [0.2, 0.25) is 0 Å². The number of hydrogen-bond acceptors (Lipinski definition) is 5. The predicted octanol–water partition coefficient (Wildman–Crippen LogP) is 1.60. The zero-order valence-corrected chi connectivity index (χ0v) is 11.5. The summed E-state index contributed by atoms with van der Waals surface area (Å²) >= 11 is 0. The first-order valence-electron chi connectivity index (χ1n) is 6.12. The Balaban J connectivity index is 2.31. The number of nitrogens with zero attached hydrogens (tertiary/aromatic N) is 5. The smallest absolute Gasteiger partial charge is 0.339 e. The van der Waals surface area contributed by atoms with Crippen LogP contribution in [0.4, 0.5) is 0 Å². The van der Waals surface area contributed by atoms with Crippen molar-refractivity contribution < 1.29 is 9.90 Å². The molecule has 0 saturated carbocycles. The molecule has 0 spiro atoms. The van der Waals surface area contributed by atoms with Crippen LogP contribution in [0.15, 0.2) is 12.4 Å². The lowest BCUT2D eigenvalue weighted by Gasteiger charge is -2.08. The maximum atomic E-state index is 11.1. The molecule has 0 aliphatic carbocycles. The summed E-state index contributed by atoms with van der Waals surface area (Å²) in [5, 5.41) is 16.8. The van der Waals surface area contributed by atoms with Crippen LogP contribution in [-0.4, -0.2) is 36.0 Å². The Morgan fingerprint density at radius 2 is 2.15 bits per heavy atom. The summed E-state index contributed by atoms with van der Waals surface area (Å²) in [7, 11) is 1.78. The largest absolute Gasteiger partial charge is 0.478 e. The van der Waals surface area contributed by atoms with Crippen molar-refractivity contribution in [2.45, 2.75) is 19.8 Å². The van der Waals surface area contributed by atoms with Gasteiger partial charge < -0.3 is 5.11 Å². The number of aromatic carboxylic acids is 1. The standard InChI is InChI=1S/C13H15N5O2/c1-8(2)12-10(13(19)20)6-14-11(15-12)5-4-9-7-18(3)17-16-9/h4-8H,1-3H3,(H,19,20)/b5-4+. The zero-order valence-electron chi connectivity index (χ0n) is 11.5. The second-order valence-electron chi connectivity index (χ2n) is 4.64. The molecule has 2 rings (SSSR count). The van der Waals surface area contributed by atoms with Crippen LogP contribution in [0.3, 0.4) is 0 Å². The minimum absolute atomic E-state index is 0.00719. The van der Waals surface area contributed by atoms with E-state index in [0.717, 1.165) is 0 Å². The molecule has 7 nitrogen and oxygen atoms in total. The van der Waals surface area contributed by atoms with Gasteiger partial charge in [0.1, 0.15) is 5.69 Å². The predicted molar refractivity (Wildman–Crippen MR) is 73.0 cm³/mol. The van der Waals surface area contributed by atoms with Crippen molar-refractivity contribution in [3.63, 3.8) is 0 Å². The molecule has 2 aromatic heterocycles. The van der Waals surface area contributed by atoms with Crippen LogP contribution in [0.2, 0.25) is 0 Å². The first kappa shape index (κ1) is 13.9. The van der Waals surface area contributed by atoms with E-state index in [1.165, 1.54) is 6.20 Å². The summed E-state index contributed by atoms with van der Waals surface area (Å²) in [6.45, 7) is 3.79. The third-order valence-corrected chi connectivity index (χ3v) is 2.64.